The van der Waals surface area contributed by atoms with Crippen LogP contribution in [0.1, 0.15) is 22.4 Å². The van der Waals surface area contributed by atoms with E-state index >= 15 is 0 Å². The minimum atomic E-state index is -0.255. The SMILES string of the molecule is Clc1ccc(Cl)c(C(Cl)C2COc3ccccc32)c1. The molecule has 3 rings (SSSR count). The first-order valence-corrected chi connectivity index (χ1v) is 7.17. The van der Waals surface area contributed by atoms with Gasteiger partial charge >= 0.3 is 0 Å². The fourth-order valence-electron chi connectivity index (χ4n) is 2.37. The van der Waals surface area contributed by atoms with Crippen molar-refractivity contribution in [1.29, 1.82) is 0 Å². The minimum Gasteiger partial charge on any atom is -0.493 e. The van der Waals surface area contributed by atoms with Crippen LogP contribution in [-0.4, -0.2) is 6.61 Å². The molecule has 98 valence electrons. The summed E-state index contributed by atoms with van der Waals surface area (Å²) in [6, 6.07) is 13.3. The molecule has 0 amide bonds. The molecule has 4 heteroatoms. The fraction of sp³-hybridized carbons (Fsp3) is 0.200. The third kappa shape index (κ3) is 2.43. The first-order valence-electron chi connectivity index (χ1n) is 5.97. The largest absolute Gasteiger partial charge is 0.493 e. The van der Waals surface area contributed by atoms with E-state index in [9.17, 15) is 0 Å². The van der Waals surface area contributed by atoms with Crippen LogP contribution in [0.25, 0.3) is 0 Å². The van der Waals surface area contributed by atoms with Crippen molar-refractivity contribution in [3.63, 3.8) is 0 Å². The topological polar surface area (TPSA) is 9.23 Å². The lowest BCUT2D eigenvalue weighted by atomic mass is 9.93. The molecular weight excluding hydrogens is 303 g/mol. The van der Waals surface area contributed by atoms with Gasteiger partial charge < -0.3 is 4.74 Å². The number of benzene rings is 2. The number of alkyl halides is 1. The van der Waals surface area contributed by atoms with E-state index in [1.165, 1.54) is 0 Å². The molecule has 0 aliphatic carbocycles. The van der Waals surface area contributed by atoms with Gasteiger partial charge in [0.25, 0.3) is 0 Å². The Bertz CT molecular complexity index is 612. The lowest BCUT2D eigenvalue weighted by Crippen LogP contribution is -2.08. The normalized spacial score (nSPS) is 18.8. The number of fused-ring (bicyclic) bond motifs is 1. The van der Waals surface area contributed by atoms with Gasteiger partial charge in [0.05, 0.1) is 12.0 Å². The smallest absolute Gasteiger partial charge is 0.122 e. The highest BCUT2D eigenvalue weighted by molar-refractivity contribution is 6.34. The summed E-state index contributed by atoms with van der Waals surface area (Å²) in [4.78, 5) is 0. The first kappa shape index (κ1) is 13.1. The highest BCUT2D eigenvalue weighted by atomic mass is 35.5. The zero-order valence-corrected chi connectivity index (χ0v) is 12.2. The summed E-state index contributed by atoms with van der Waals surface area (Å²) in [6.45, 7) is 0.566. The number of rotatable bonds is 2. The third-order valence-electron chi connectivity index (χ3n) is 3.35. The standard InChI is InChI=1S/C15H11Cl3O/c16-9-5-6-13(17)11(7-9)15(18)12-8-19-14-4-2-1-3-10(12)14/h1-7,12,15H,8H2. The molecule has 0 fully saturated rings. The summed E-state index contributed by atoms with van der Waals surface area (Å²) < 4.78 is 5.66. The first-order chi connectivity index (χ1) is 9.16. The summed E-state index contributed by atoms with van der Waals surface area (Å²) in [5.74, 6) is 0.991. The molecule has 0 bridgehead atoms. The number of para-hydroxylation sites is 1. The van der Waals surface area contributed by atoms with E-state index in [2.05, 4.69) is 0 Å². The van der Waals surface area contributed by atoms with Crippen LogP contribution >= 0.6 is 34.8 Å². The van der Waals surface area contributed by atoms with Crippen molar-refractivity contribution in [3.8, 4) is 5.75 Å². The lowest BCUT2D eigenvalue weighted by molar-refractivity contribution is 0.328. The zero-order valence-electron chi connectivity index (χ0n) is 9.95. The molecule has 0 saturated heterocycles. The lowest BCUT2D eigenvalue weighted by Gasteiger charge is -2.18. The van der Waals surface area contributed by atoms with Gasteiger partial charge in [-0.1, -0.05) is 41.4 Å². The Balaban J connectivity index is 1.97. The van der Waals surface area contributed by atoms with Gasteiger partial charge in [-0.25, -0.2) is 0 Å². The van der Waals surface area contributed by atoms with Crippen LogP contribution in [-0.2, 0) is 0 Å². The molecule has 0 N–H and O–H groups in total. The van der Waals surface area contributed by atoms with Crippen molar-refractivity contribution in [1.82, 2.24) is 0 Å². The van der Waals surface area contributed by atoms with Crippen molar-refractivity contribution in [2.24, 2.45) is 0 Å². The average Bonchev–Trinajstić information content (AvgIpc) is 2.84. The van der Waals surface area contributed by atoms with E-state index in [1.54, 1.807) is 12.1 Å². The van der Waals surface area contributed by atoms with Crippen molar-refractivity contribution < 1.29 is 4.74 Å². The molecule has 1 heterocycles. The van der Waals surface area contributed by atoms with Gasteiger partial charge in [-0.3, -0.25) is 0 Å². The van der Waals surface area contributed by atoms with Crippen molar-refractivity contribution in [2.75, 3.05) is 6.61 Å². The van der Waals surface area contributed by atoms with Crippen LogP contribution in [0.2, 0.25) is 10.0 Å². The molecule has 2 aromatic carbocycles. The van der Waals surface area contributed by atoms with Crippen LogP contribution in [0.15, 0.2) is 42.5 Å². The second kappa shape index (κ2) is 5.24. The highest BCUT2D eigenvalue weighted by Gasteiger charge is 2.32. The van der Waals surface area contributed by atoms with Crippen molar-refractivity contribution in [3.05, 3.63) is 63.6 Å². The molecule has 2 atom stereocenters. The fourth-order valence-corrected chi connectivity index (χ4v) is 3.23. The Kier molecular flexibility index (Phi) is 3.62. The van der Waals surface area contributed by atoms with E-state index < -0.39 is 0 Å². The molecule has 19 heavy (non-hydrogen) atoms. The minimum absolute atomic E-state index is 0.0915. The maximum absolute atomic E-state index is 6.59. The maximum atomic E-state index is 6.59. The zero-order chi connectivity index (χ0) is 13.4. The van der Waals surface area contributed by atoms with Gasteiger partial charge in [-0.2, -0.15) is 0 Å². The molecule has 0 radical (unpaired) electrons. The summed E-state index contributed by atoms with van der Waals surface area (Å²) in [5, 5.41) is 1.01. The van der Waals surface area contributed by atoms with Gasteiger partial charge in [-0.15, -0.1) is 11.6 Å². The summed E-state index contributed by atoms with van der Waals surface area (Å²) in [7, 11) is 0. The Hall–Kier alpha value is -0.890. The molecule has 0 saturated carbocycles. The third-order valence-corrected chi connectivity index (χ3v) is 4.46. The van der Waals surface area contributed by atoms with E-state index in [1.807, 2.05) is 30.3 Å². The maximum Gasteiger partial charge on any atom is 0.122 e. The highest BCUT2D eigenvalue weighted by Crippen LogP contribution is 2.46. The predicted molar refractivity (Wildman–Crippen MR) is 79.7 cm³/mol. The quantitative estimate of drug-likeness (QED) is 0.670. The summed E-state index contributed by atoms with van der Waals surface area (Å²) in [5.41, 5.74) is 1.97. The Morgan fingerprint density at radius 3 is 2.74 bits per heavy atom. The molecule has 1 aliphatic heterocycles. The van der Waals surface area contributed by atoms with E-state index in [0.717, 1.165) is 16.9 Å². The van der Waals surface area contributed by atoms with Crippen molar-refractivity contribution in [2.45, 2.75) is 11.3 Å². The van der Waals surface area contributed by atoms with Crippen molar-refractivity contribution >= 4 is 34.8 Å². The van der Waals surface area contributed by atoms with E-state index in [4.69, 9.17) is 39.5 Å². The molecule has 1 aliphatic rings. The summed E-state index contributed by atoms with van der Waals surface area (Å²) in [6.07, 6.45) is 0. The van der Waals surface area contributed by atoms with Gasteiger partial charge in [-0.05, 0) is 29.8 Å². The number of hydrogen-bond donors (Lipinski definition) is 0. The van der Waals surface area contributed by atoms with Crippen LogP contribution in [0, 0.1) is 0 Å². The van der Waals surface area contributed by atoms with Gasteiger partial charge in [0, 0.05) is 21.5 Å². The van der Waals surface area contributed by atoms with E-state index in [-0.39, 0.29) is 11.3 Å². The molecule has 1 nitrogen and oxygen atoms in total. The Morgan fingerprint density at radius 1 is 1.11 bits per heavy atom. The molecular formula is C15H11Cl3O. The van der Waals surface area contributed by atoms with Crippen LogP contribution < -0.4 is 4.74 Å². The Labute approximate surface area is 127 Å². The van der Waals surface area contributed by atoms with Crippen LogP contribution in [0.5, 0.6) is 5.75 Å². The molecule has 2 unspecified atom stereocenters. The monoisotopic (exact) mass is 312 g/mol. The predicted octanol–water partition coefficient (Wildman–Crippen LogP) is 5.45. The van der Waals surface area contributed by atoms with Crippen LogP contribution in [0.4, 0.5) is 0 Å². The number of ether oxygens (including phenoxy) is 1. The van der Waals surface area contributed by atoms with Gasteiger partial charge in [0.15, 0.2) is 0 Å². The average molecular weight is 314 g/mol. The second-order valence-electron chi connectivity index (χ2n) is 4.52. The van der Waals surface area contributed by atoms with Gasteiger partial charge in [0.2, 0.25) is 0 Å². The second-order valence-corrected chi connectivity index (χ2v) is 5.84. The van der Waals surface area contributed by atoms with Gasteiger partial charge in [0.1, 0.15) is 5.75 Å². The molecule has 2 aromatic rings. The number of halogens is 3. The summed E-state index contributed by atoms with van der Waals surface area (Å²) >= 11 is 18.8. The number of hydrogen-bond acceptors (Lipinski definition) is 1. The van der Waals surface area contributed by atoms with E-state index in [0.29, 0.717) is 16.7 Å². The Morgan fingerprint density at radius 2 is 1.89 bits per heavy atom. The molecule has 0 spiro atoms. The van der Waals surface area contributed by atoms with Crippen LogP contribution in [0.3, 0.4) is 0 Å². The molecule has 0 aromatic heterocycles.